The highest BCUT2D eigenvalue weighted by molar-refractivity contribution is 7.18. The number of ketones is 2. The minimum atomic E-state index is -1.04. The number of carboxylic acid groups (broad SMARTS) is 1. The van der Waals surface area contributed by atoms with E-state index in [-0.39, 0.29) is 30.8 Å². The predicted octanol–water partition coefficient (Wildman–Crippen LogP) is 2.41. The molecule has 1 N–H and O–H groups in total. The van der Waals surface area contributed by atoms with Crippen LogP contribution in [0.4, 0.5) is 0 Å². The lowest BCUT2D eigenvalue weighted by atomic mass is 10.1. The van der Waals surface area contributed by atoms with Gasteiger partial charge in [-0.05, 0) is 12.1 Å². The second kappa shape index (κ2) is 5.77. The summed E-state index contributed by atoms with van der Waals surface area (Å²) >= 11 is 6.76. The van der Waals surface area contributed by atoms with Crippen LogP contribution in [0.3, 0.4) is 0 Å². The Morgan fingerprint density at radius 2 is 1.94 bits per heavy atom. The van der Waals surface area contributed by atoms with Gasteiger partial charge in [0.15, 0.2) is 5.78 Å². The van der Waals surface area contributed by atoms with Crippen molar-refractivity contribution in [3.05, 3.63) is 21.3 Å². The second-order valence-electron chi connectivity index (χ2n) is 3.14. The standard InChI is InChI=1S/C10H9ClO4S/c11-9-3-2-8(16-9)7(13)5-6(12)1-4-10(14)15/h2-3H,1,4-5H2,(H,14,15). The average molecular weight is 261 g/mol. The molecular formula is C10H9ClO4S. The van der Waals surface area contributed by atoms with Gasteiger partial charge in [-0.1, -0.05) is 11.6 Å². The molecule has 0 radical (unpaired) electrons. The minimum Gasteiger partial charge on any atom is -0.481 e. The Labute approximate surface area is 101 Å². The van der Waals surface area contributed by atoms with E-state index in [9.17, 15) is 14.4 Å². The van der Waals surface area contributed by atoms with Crippen LogP contribution in [-0.2, 0) is 9.59 Å². The molecule has 0 saturated carbocycles. The second-order valence-corrected chi connectivity index (χ2v) is 4.85. The number of carbonyl (C=O) groups is 3. The fraction of sp³-hybridized carbons (Fsp3) is 0.300. The molecule has 6 heteroatoms. The van der Waals surface area contributed by atoms with Crippen LogP contribution in [0.1, 0.15) is 28.9 Å². The van der Waals surface area contributed by atoms with Gasteiger partial charge in [0.25, 0.3) is 0 Å². The maximum absolute atomic E-state index is 11.5. The van der Waals surface area contributed by atoms with Gasteiger partial charge in [0.1, 0.15) is 5.78 Å². The SMILES string of the molecule is O=C(O)CCC(=O)CC(=O)c1ccc(Cl)s1. The van der Waals surface area contributed by atoms with E-state index in [1.165, 1.54) is 0 Å². The van der Waals surface area contributed by atoms with Crippen LogP contribution in [0.15, 0.2) is 12.1 Å². The Hall–Kier alpha value is -1.20. The van der Waals surface area contributed by atoms with Crippen LogP contribution in [0, 0.1) is 0 Å². The fourth-order valence-corrected chi connectivity index (χ4v) is 2.05. The summed E-state index contributed by atoms with van der Waals surface area (Å²) in [6.07, 6.45) is -0.610. The summed E-state index contributed by atoms with van der Waals surface area (Å²) in [6.45, 7) is 0. The Kier molecular flexibility index (Phi) is 4.64. The van der Waals surface area contributed by atoms with Gasteiger partial charge in [-0.15, -0.1) is 11.3 Å². The lowest BCUT2D eigenvalue weighted by Gasteiger charge is -1.96. The first kappa shape index (κ1) is 12.9. The molecular weight excluding hydrogens is 252 g/mol. The van der Waals surface area contributed by atoms with Crippen LogP contribution in [-0.4, -0.2) is 22.6 Å². The molecule has 0 aromatic carbocycles. The Balaban J connectivity index is 2.45. The number of aliphatic carboxylic acids is 1. The molecule has 0 aliphatic carbocycles. The fourth-order valence-electron chi connectivity index (χ4n) is 1.07. The maximum Gasteiger partial charge on any atom is 0.303 e. The lowest BCUT2D eigenvalue weighted by Crippen LogP contribution is -2.08. The monoisotopic (exact) mass is 260 g/mol. The van der Waals surface area contributed by atoms with Crippen LogP contribution >= 0.6 is 22.9 Å². The summed E-state index contributed by atoms with van der Waals surface area (Å²) in [6, 6.07) is 3.14. The third-order valence-corrected chi connectivity index (χ3v) is 3.10. The number of Topliss-reactive ketones (excluding diaryl/α,β-unsaturated/α-hetero) is 2. The highest BCUT2D eigenvalue weighted by Crippen LogP contribution is 2.22. The predicted molar refractivity (Wildman–Crippen MR) is 60.2 cm³/mol. The van der Waals surface area contributed by atoms with E-state index in [2.05, 4.69) is 0 Å². The van der Waals surface area contributed by atoms with E-state index in [0.29, 0.717) is 9.21 Å². The summed E-state index contributed by atoms with van der Waals surface area (Å²) in [7, 11) is 0. The number of halogens is 1. The van der Waals surface area contributed by atoms with E-state index in [1.807, 2.05) is 0 Å². The molecule has 1 heterocycles. The topological polar surface area (TPSA) is 71.4 Å². The molecule has 0 aliphatic rings. The Bertz CT molecular complexity index is 424. The molecule has 16 heavy (non-hydrogen) atoms. The van der Waals surface area contributed by atoms with Crippen molar-refractivity contribution in [2.24, 2.45) is 0 Å². The molecule has 86 valence electrons. The van der Waals surface area contributed by atoms with Gasteiger partial charge in [0, 0.05) is 6.42 Å². The number of carboxylic acids is 1. The van der Waals surface area contributed by atoms with Crippen LogP contribution in [0.2, 0.25) is 4.34 Å². The zero-order valence-corrected chi connectivity index (χ0v) is 9.81. The third-order valence-electron chi connectivity index (χ3n) is 1.82. The van der Waals surface area contributed by atoms with Crippen molar-refractivity contribution < 1.29 is 19.5 Å². The summed E-state index contributed by atoms with van der Waals surface area (Å²) in [5.74, 6) is -1.72. The first-order chi connectivity index (χ1) is 7.49. The van der Waals surface area contributed by atoms with Gasteiger partial charge in [0.2, 0.25) is 0 Å². The molecule has 0 atom stereocenters. The Morgan fingerprint density at radius 1 is 1.25 bits per heavy atom. The van der Waals surface area contributed by atoms with Gasteiger partial charge in [-0.2, -0.15) is 0 Å². The number of carbonyl (C=O) groups excluding carboxylic acids is 2. The van der Waals surface area contributed by atoms with Crippen molar-refractivity contribution >= 4 is 40.5 Å². The van der Waals surface area contributed by atoms with Gasteiger partial charge < -0.3 is 5.11 Å². The third kappa shape index (κ3) is 4.12. The normalized spacial score (nSPS) is 10.1. The van der Waals surface area contributed by atoms with Gasteiger partial charge in [0.05, 0.1) is 22.1 Å². The van der Waals surface area contributed by atoms with E-state index in [0.717, 1.165) is 11.3 Å². The summed E-state index contributed by atoms with van der Waals surface area (Å²) in [5, 5.41) is 8.36. The molecule has 0 unspecified atom stereocenters. The van der Waals surface area contributed by atoms with Crippen molar-refractivity contribution in [1.29, 1.82) is 0 Å². The largest absolute Gasteiger partial charge is 0.481 e. The molecule has 4 nitrogen and oxygen atoms in total. The molecule has 1 aromatic heterocycles. The van der Waals surface area contributed by atoms with Crippen LogP contribution in [0.5, 0.6) is 0 Å². The van der Waals surface area contributed by atoms with Crippen LogP contribution in [0.25, 0.3) is 0 Å². The Morgan fingerprint density at radius 3 is 2.44 bits per heavy atom. The van der Waals surface area contributed by atoms with Gasteiger partial charge >= 0.3 is 5.97 Å². The van der Waals surface area contributed by atoms with Crippen molar-refractivity contribution in [2.45, 2.75) is 19.3 Å². The highest BCUT2D eigenvalue weighted by atomic mass is 35.5. The summed E-state index contributed by atoms with van der Waals surface area (Å²) < 4.78 is 0.487. The number of thiophene rings is 1. The van der Waals surface area contributed by atoms with E-state index in [4.69, 9.17) is 16.7 Å². The van der Waals surface area contributed by atoms with E-state index in [1.54, 1.807) is 12.1 Å². The molecule has 1 rings (SSSR count). The molecule has 0 aliphatic heterocycles. The first-order valence-corrected chi connectivity index (χ1v) is 5.70. The van der Waals surface area contributed by atoms with Crippen molar-refractivity contribution in [3.63, 3.8) is 0 Å². The van der Waals surface area contributed by atoms with Crippen molar-refractivity contribution in [1.82, 2.24) is 0 Å². The highest BCUT2D eigenvalue weighted by Gasteiger charge is 2.14. The number of hydrogen-bond acceptors (Lipinski definition) is 4. The van der Waals surface area contributed by atoms with Crippen molar-refractivity contribution in [3.8, 4) is 0 Å². The zero-order valence-electron chi connectivity index (χ0n) is 8.23. The molecule has 0 saturated heterocycles. The van der Waals surface area contributed by atoms with E-state index >= 15 is 0 Å². The molecule has 0 amide bonds. The zero-order chi connectivity index (χ0) is 12.1. The summed E-state index contributed by atoms with van der Waals surface area (Å²) in [4.78, 5) is 33.4. The average Bonchev–Trinajstić information content (AvgIpc) is 2.62. The van der Waals surface area contributed by atoms with Crippen LogP contribution < -0.4 is 0 Å². The molecule has 0 fully saturated rings. The first-order valence-electron chi connectivity index (χ1n) is 4.51. The number of rotatable bonds is 6. The quantitative estimate of drug-likeness (QED) is 0.630. The molecule has 0 spiro atoms. The summed E-state index contributed by atoms with van der Waals surface area (Å²) in [5.41, 5.74) is 0. The van der Waals surface area contributed by atoms with Gasteiger partial charge in [-0.3, -0.25) is 14.4 Å². The smallest absolute Gasteiger partial charge is 0.303 e. The molecule has 1 aromatic rings. The minimum absolute atomic E-state index is 0.111. The van der Waals surface area contributed by atoms with Gasteiger partial charge in [-0.25, -0.2) is 0 Å². The molecule has 0 bridgehead atoms. The van der Waals surface area contributed by atoms with Crippen molar-refractivity contribution in [2.75, 3.05) is 0 Å². The maximum atomic E-state index is 11.5. The lowest BCUT2D eigenvalue weighted by molar-refractivity contribution is -0.138. The number of hydrogen-bond donors (Lipinski definition) is 1. The van der Waals surface area contributed by atoms with E-state index < -0.39 is 5.97 Å².